The molecule has 0 saturated carbocycles. The van der Waals surface area contributed by atoms with Gasteiger partial charge >= 0.3 is 0 Å². The summed E-state index contributed by atoms with van der Waals surface area (Å²) in [5, 5.41) is 11.6. The van der Waals surface area contributed by atoms with Crippen LogP contribution in [0.1, 0.15) is 6.92 Å². The quantitative estimate of drug-likeness (QED) is 0.645. The lowest BCUT2D eigenvalue weighted by Crippen LogP contribution is -2.14. The first kappa shape index (κ1) is 18.3. The lowest BCUT2D eigenvalue weighted by molar-refractivity contribution is -0.113. The third kappa shape index (κ3) is 4.20. The van der Waals surface area contributed by atoms with E-state index in [1.807, 2.05) is 29.7 Å². The van der Waals surface area contributed by atoms with E-state index in [2.05, 4.69) is 20.5 Å². The van der Waals surface area contributed by atoms with Crippen molar-refractivity contribution in [2.24, 2.45) is 0 Å². The van der Waals surface area contributed by atoms with E-state index in [4.69, 9.17) is 11.6 Å². The van der Waals surface area contributed by atoms with E-state index < -0.39 is 5.82 Å². The van der Waals surface area contributed by atoms with E-state index in [-0.39, 0.29) is 16.7 Å². The van der Waals surface area contributed by atoms with Gasteiger partial charge in [-0.25, -0.2) is 4.39 Å². The number of thioether (sulfide) groups is 1. The van der Waals surface area contributed by atoms with Gasteiger partial charge < -0.3 is 9.88 Å². The molecule has 0 saturated heterocycles. The lowest BCUT2D eigenvalue weighted by Gasteiger charge is -2.08. The van der Waals surface area contributed by atoms with E-state index in [9.17, 15) is 9.18 Å². The summed E-state index contributed by atoms with van der Waals surface area (Å²) >= 11 is 6.98. The molecule has 0 atom stereocenters. The van der Waals surface area contributed by atoms with Crippen LogP contribution >= 0.6 is 23.4 Å². The molecule has 0 aliphatic carbocycles. The molecule has 0 unspecified atom stereocenters. The van der Waals surface area contributed by atoms with Crippen molar-refractivity contribution in [3.63, 3.8) is 0 Å². The van der Waals surface area contributed by atoms with Gasteiger partial charge in [0.05, 0.1) is 10.8 Å². The minimum Gasteiger partial charge on any atom is -0.325 e. The molecule has 2 heterocycles. The Balaban J connectivity index is 1.67. The van der Waals surface area contributed by atoms with E-state index in [1.165, 1.54) is 30.0 Å². The monoisotopic (exact) mass is 391 g/mol. The molecule has 1 aromatic carbocycles. The molecule has 9 heteroatoms. The Morgan fingerprint density at radius 2 is 2.15 bits per heavy atom. The SMILES string of the molecule is CCn1c(SCC(=O)Nc2ccc(F)c(Cl)c2)nnc1-c1ccccn1. The van der Waals surface area contributed by atoms with Crippen LogP contribution in [0.25, 0.3) is 11.5 Å². The number of hydrogen-bond donors (Lipinski definition) is 1. The average molecular weight is 392 g/mol. The summed E-state index contributed by atoms with van der Waals surface area (Å²) in [6.45, 7) is 2.62. The first-order valence-corrected chi connectivity index (χ1v) is 9.17. The second kappa shape index (κ2) is 8.29. The number of nitrogens with zero attached hydrogens (tertiary/aromatic N) is 4. The van der Waals surface area contributed by atoms with Crippen LogP contribution < -0.4 is 5.32 Å². The van der Waals surface area contributed by atoms with Crippen LogP contribution in [-0.2, 0) is 11.3 Å². The van der Waals surface area contributed by atoms with Gasteiger partial charge in [-0.3, -0.25) is 9.78 Å². The van der Waals surface area contributed by atoms with E-state index in [0.29, 0.717) is 23.2 Å². The van der Waals surface area contributed by atoms with Gasteiger partial charge in [-0.15, -0.1) is 10.2 Å². The molecule has 0 radical (unpaired) electrons. The van der Waals surface area contributed by atoms with Crippen LogP contribution in [0.3, 0.4) is 0 Å². The molecule has 2 aromatic heterocycles. The van der Waals surface area contributed by atoms with Gasteiger partial charge in [0.25, 0.3) is 0 Å². The maximum Gasteiger partial charge on any atom is 0.234 e. The summed E-state index contributed by atoms with van der Waals surface area (Å²) < 4.78 is 15.1. The van der Waals surface area contributed by atoms with Crippen molar-refractivity contribution in [3.05, 3.63) is 53.4 Å². The van der Waals surface area contributed by atoms with Crippen molar-refractivity contribution in [2.45, 2.75) is 18.6 Å². The summed E-state index contributed by atoms with van der Waals surface area (Å²) in [5.41, 5.74) is 1.16. The molecule has 3 rings (SSSR count). The zero-order valence-corrected chi connectivity index (χ0v) is 15.4. The lowest BCUT2D eigenvalue weighted by atomic mass is 10.3. The van der Waals surface area contributed by atoms with Crippen molar-refractivity contribution in [1.29, 1.82) is 0 Å². The molecule has 6 nitrogen and oxygen atoms in total. The number of carbonyl (C=O) groups is 1. The Hall–Kier alpha value is -2.45. The molecule has 0 fully saturated rings. The maximum absolute atomic E-state index is 13.2. The Bertz CT molecular complexity index is 919. The van der Waals surface area contributed by atoms with Crippen LogP contribution in [0.15, 0.2) is 47.8 Å². The minimum atomic E-state index is -0.530. The first-order chi connectivity index (χ1) is 12.6. The van der Waals surface area contributed by atoms with Gasteiger partial charge in [-0.05, 0) is 37.3 Å². The van der Waals surface area contributed by atoms with Crippen LogP contribution in [0.5, 0.6) is 0 Å². The predicted molar refractivity (Wildman–Crippen MR) is 99.7 cm³/mol. The number of aromatic nitrogens is 4. The number of hydrogen-bond acceptors (Lipinski definition) is 5. The molecular weight excluding hydrogens is 377 g/mol. The van der Waals surface area contributed by atoms with Crippen LogP contribution in [-0.4, -0.2) is 31.4 Å². The average Bonchev–Trinajstić information content (AvgIpc) is 3.07. The molecule has 3 aromatic rings. The fourth-order valence-corrected chi connectivity index (χ4v) is 3.25. The molecule has 134 valence electrons. The first-order valence-electron chi connectivity index (χ1n) is 7.80. The van der Waals surface area contributed by atoms with E-state index in [0.717, 1.165) is 5.69 Å². The zero-order valence-electron chi connectivity index (χ0n) is 13.8. The molecule has 1 amide bonds. The summed E-state index contributed by atoms with van der Waals surface area (Å²) in [7, 11) is 0. The number of nitrogens with one attached hydrogen (secondary N) is 1. The molecular formula is C17H15ClFN5OS. The van der Waals surface area contributed by atoms with Crippen molar-refractivity contribution in [1.82, 2.24) is 19.7 Å². The molecule has 0 spiro atoms. The summed E-state index contributed by atoms with van der Waals surface area (Å²) in [6.07, 6.45) is 1.69. The number of carbonyl (C=O) groups excluding carboxylic acids is 1. The number of anilines is 1. The Kier molecular flexibility index (Phi) is 5.85. The van der Waals surface area contributed by atoms with Crippen LogP contribution in [0, 0.1) is 5.82 Å². The topological polar surface area (TPSA) is 72.7 Å². The molecule has 1 N–H and O–H groups in total. The third-order valence-corrected chi connectivity index (χ3v) is 4.72. The second-order valence-corrected chi connectivity index (χ2v) is 6.58. The van der Waals surface area contributed by atoms with Crippen molar-refractivity contribution in [3.8, 4) is 11.5 Å². The summed E-state index contributed by atoms with van der Waals surface area (Å²) in [6, 6.07) is 9.60. The van der Waals surface area contributed by atoms with Crippen molar-refractivity contribution in [2.75, 3.05) is 11.1 Å². The number of halogens is 2. The van der Waals surface area contributed by atoms with Gasteiger partial charge in [0.1, 0.15) is 11.5 Å². The van der Waals surface area contributed by atoms with Gasteiger partial charge in [-0.2, -0.15) is 0 Å². The number of pyridine rings is 1. The molecule has 0 bridgehead atoms. The zero-order chi connectivity index (χ0) is 18.5. The molecule has 0 aliphatic heterocycles. The van der Waals surface area contributed by atoms with Gasteiger partial charge in [0.15, 0.2) is 11.0 Å². The van der Waals surface area contributed by atoms with Gasteiger partial charge in [0.2, 0.25) is 5.91 Å². The fraction of sp³-hybridized carbons (Fsp3) is 0.176. The smallest absolute Gasteiger partial charge is 0.234 e. The van der Waals surface area contributed by atoms with E-state index in [1.54, 1.807) is 6.20 Å². The summed E-state index contributed by atoms with van der Waals surface area (Å²) in [4.78, 5) is 16.4. The standard InChI is InChI=1S/C17H15ClFN5OS/c1-2-24-16(14-5-3-4-8-20-14)22-23-17(24)26-10-15(25)21-11-6-7-13(19)12(18)9-11/h3-9H,2,10H2,1H3,(H,21,25). The van der Waals surface area contributed by atoms with E-state index >= 15 is 0 Å². The number of amides is 1. The highest BCUT2D eigenvalue weighted by Crippen LogP contribution is 2.23. The number of benzene rings is 1. The Morgan fingerprint density at radius 1 is 1.31 bits per heavy atom. The highest BCUT2D eigenvalue weighted by molar-refractivity contribution is 7.99. The van der Waals surface area contributed by atoms with Gasteiger partial charge in [0, 0.05) is 18.4 Å². The largest absolute Gasteiger partial charge is 0.325 e. The third-order valence-electron chi connectivity index (χ3n) is 3.46. The molecule has 0 aliphatic rings. The maximum atomic E-state index is 13.2. The highest BCUT2D eigenvalue weighted by atomic mass is 35.5. The predicted octanol–water partition coefficient (Wildman–Crippen LogP) is 3.88. The minimum absolute atomic E-state index is 0.0406. The van der Waals surface area contributed by atoms with Crippen molar-refractivity contribution < 1.29 is 9.18 Å². The van der Waals surface area contributed by atoms with Crippen molar-refractivity contribution >= 4 is 35.0 Å². The Labute approximate surface area is 158 Å². The Morgan fingerprint density at radius 3 is 2.85 bits per heavy atom. The fourth-order valence-electron chi connectivity index (χ4n) is 2.27. The van der Waals surface area contributed by atoms with Gasteiger partial charge in [-0.1, -0.05) is 29.4 Å². The number of rotatable bonds is 6. The van der Waals surface area contributed by atoms with Crippen LogP contribution in [0.2, 0.25) is 5.02 Å². The second-order valence-electron chi connectivity index (χ2n) is 5.23. The van der Waals surface area contributed by atoms with Crippen LogP contribution in [0.4, 0.5) is 10.1 Å². The molecule has 26 heavy (non-hydrogen) atoms. The summed E-state index contributed by atoms with van der Waals surface area (Å²) in [5.74, 6) is 0.0104. The normalized spacial score (nSPS) is 10.7. The highest BCUT2D eigenvalue weighted by Gasteiger charge is 2.15.